The lowest BCUT2D eigenvalue weighted by Crippen LogP contribution is -2.47. The molecule has 0 aromatic heterocycles. The quantitative estimate of drug-likeness (QED) is 0.229. The Morgan fingerprint density at radius 1 is 1.00 bits per heavy atom. The second-order valence-corrected chi connectivity index (χ2v) is 12.5. The number of sulfonamides is 1. The largest absolute Gasteiger partial charge is 0.492 e. The van der Waals surface area contributed by atoms with Crippen molar-refractivity contribution in [3.8, 4) is 0 Å². The average Bonchev–Trinajstić information content (AvgIpc) is 3.31. The van der Waals surface area contributed by atoms with Crippen LogP contribution in [0.3, 0.4) is 0 Å². The summed E-state index contributed by atoms with van der Waals surface area (Å²) in [6.07, 6.45) is -4.38. The maximum atomic E-state index is 13.2. The van der Waals surface area contributed by atoms with Crippen LogP contribution in [0.5, 0.6) is 0 Å². The van der Waals surface area contributed by atoms with Crippen molar-refractivity contribution in [2.24, 2.45) is 0 Å². The van der Waals surface area contributed by atoms with Gasteiger partial charge in [0.1, 0.15) is 6.10 Å². The molecule has 0 radical (unpaired) electrons. The van der Waals surface area contributed by atoms with E-state index in [2.05, 4.69) is 40.1 Å². The molecule has 218 valence electrons. The standard InChI is InChI=1S/C27H25ClF3N3O5S2/c28-33-24(38-22-12-14-32(15-13-22)17-19-10-11-20-6-4-5-7-21(20)16-19)18-40-26(33)34(39-25(35)27(29,30)31)41(36,37)23-8-2-1-3-9-23/h1-11,16,18,22,26H,12-15,17H2. The Bertz CT molecular complexity index is 1530. The molecule has 14 heteroatoms. The van der Waals surface area contributed by atoms with E-state index in [0.29, 0.717) is 12.8 Å². The maximum Gasteiger partial charge on any atom is 0.492 e. The molecule has 1 atom stereocenters. The van der Waals surface area contributed by atoms with Crippen LogP contribution in [0.2, 0.25) is 0 Å². The summed E-state index contributed by atoms with van der Waals surface area (Å²) in [5.41, 5.74) is -0.378. The van der Waals surface area contributed by atoms with Crippen LogP contribution in [-0.2, 0) is 30.9 Å². The van der Waals surface area contributed by atoms with Gasteiger partial charge in [0.15, 0.2) is 0 Å². The van der Waals surface area contributed by atoms with E-state index in [1.54, 1.807) is 0 Å². The minimum atomic E-state index is -5.43. The van der Waals surface area contributed by atoms with Crippen LogP contribution in [0.4, 0.5) is 13.2 Å². The SMILES string of the molecule is O=C(ON(C1SC=C(OC2CCN(Cc3ccc4ccccc4c3)CC2)N1Cl)S(=O)(=O)c1ccccc1)C(F)(F)F. The lowest BCUT2D eigenvalue weighted by Gasteiger charge is -2.34. The number of fused-ring (bicyclic) bond motifs is 1. The predicted octanol–water partition coefficient (Wildman–Crippen LogP) is 5.82. The van der Waals surface area contributed by atoms with Crippen molar-refractivity contribution in [1.29, 1.82) is 0 Å². The van der Waals surface area contributed by atoms with E-state index in [-0.39, 0.29) is 21.4 Å². The highest BCUT2D eigenvalue weighted by Crippen LogP contribution is 2.40. The fourth-order valence-corrected chi connectivity index (χ4v) is 7.41. The van der Waals surface area contributed by atoms with Crippen molar-refractivity contribution in [1.82, 2.24) is 13.8 Å². The molecular formula is C27H25ClF3N3O5S2. The first-order valence-electron chi connectivity index (χ1n) is 12.6. The zero-order valence-electron chi connectivity index (χ0n) is 21.4. The second kappa shape index (κ2) is 12.1. The molecule has 2 aliphatic rings. The fraction of sp³-hybridized carbons (Fsp3) is 0.296. The molecule has 0 amide bonds. The summed E-state index contributed by atoms with van der Waals surface area (Å²) in [6.45, 7) is 2.25. The van der Waals surface area contributed by atoms with Gasteiger partial charge in [0.25, 0.3) is 10.0 Å². The number of hydrogen-bond donors (Lipinski definition) is 0. The highest BCUT2D eigenvalue weighted by Gasteiger charge is 2.49. The van der Waals surface area contributed by atoms with E-state index in [1.165, 1.54) is 52.1 Å². The molecule has 1 fully saturated rings. The first kappa shape index (κ1) is 29.5. The monoisotopic (exact) mass is 627 g/mol. The smallest absolute Gasteiger partial charge is 0.474 e. The molecule has 1 unspecified atom stereocenters. The minimum Gasteiger partial charge on any atom is -0.474 e. The Morgan fingerprint density at radius 2 is 1.66 bits per heavy atom. The summed E-state index contributed by atoms with van der Waals surface area (Å²) in [4.78, 5) is 17.9. The van der Waals surface area contributed by atoms with Crippen LogP contribution in [0.25, 0.3) is 10.8 Å². The number of rotatable bonds is 8. The normalized spacial score (nSPS) is 19.0. The molecule has 0 N–H and O–H groups in total. The number of thioether (sulfide) groups is 1. The lowest BCUT2D eigenvalue weighted by atomic mass is 10.0. The molecular weight excluding hydrogens is 603 g/mol. The minimum absolute atomic E-state index is 0.0468. The van der Waals surface area contributed by atoms with Crippen LogP contribution in [0.1, 0.15) is 18.4 Å². The van der Waals surface area contributed by atoms with Gasteiger partial charge in [-0.05, 0) is 47.4 Å². The zero-order valence-corrected chi connectivity index (χ0v) is 23.8. The highest BCUT2D eigenvalue weighted by molar-refractivity contribution is 8.03. The van der Waals surface area contributed by atoms with Crippen molar-refractivity contribution >= 4 is 50.3 Å². The number of carbonyl (C=O) groups excluding carboxylic acids is 1. The van der Waals surface area contributed by atoms with E-state index >= 15 is 0 Å². The van der Waals surface area contributed by atoms with Crippen molar-refractivity contribution < 1.29 is 36.0 Å². The molecule has 1 saturated heterocycles. The molecule has 2 aliphatic heterocycles. The third kappa shape index (κ3) is 6.75. The van der Waals surface area contributed by atoms with Gasteiger partial charge in [-0.25, -0.2) is 17.6 Å². The fourth-order valence-electron chi connectivity index (χ4n) is 4.54. The van der Waals surface area contributed by atoms with E-state index in [0.717, 1.165) is 35.8 Å². The van der Waals surface area contributed by atoms with Crippen LogP contribution >= 0.6 is 23.5 Å². The van der Waals surface area contributed by atoms with Gasteiger partial charge in [0, 0.05) is 41.3 Å². The first-order valence-corrected chi connectivity index (χ1v) is 15.3. The molecule has 3 aromatic carbocycles. The van der Waals surface area contributed by atoms with Gasteiger partial charge in [0.2, 0.25) is 11.4 Å². The molecule has 0 saturated carbocycles. The van der Waals surface area contributed by atoms with Gasteiger partial charge in [-0.2, -0.15) is 13.2 Å². The molecule has 5 rings (SSSR count). The molecule has 3 aromatic rings. The highest BCUT2D eigenvalue weighted by atomic mass is 35.5. The third-order valence-electron chi connectivity index (χ3n) is 6.60. The van der Waals surface area contributed by atoms with Gasteiger partial charge >= 0.3 is 12.1 Å². The van der Waals surface area contributed by atoms with E-state index in [4.69, 9.17) is 16.5 Å². The number of halogens is 4. The van der Waals surface area contributed by atoms with E-state index in [1.807, 2.05) is 12.1 Å². The molecule has 41 heavy (non-hydrogen) atoms. The Kier molecular flexibility index (Phi) is 8.71. The number of benzene rings is 3. The third-order valence-corrected chi connectivity index (χ3v) is 9.80. The summed E-state index contributed by atoms with van der Waals surface area (Å²) in [7, 11) is -4.73. The topological polar surface area (TPSA) is 79.4 Å². The number of alkyl halides is 3. The Morgan fingerprint density at radius 3 is 2.34 bits per heavy atom. The van der Waals surface area contributed by atoms with E-state index < -0.39 is 27.7 Å². The number of nitrogens with zero attached hydrogens (tertiary/aromatic N) is 3. The number of hydroxylamine groups is 1. The number of piperidine rings is 1. The number of hydrogen-bond acceptors (Lipinski definition) is 8. The summed E-state index contributed by atoms with van der Waals surface area (Å²) in [6, 6.07) is 21.2. The maximum absolute atomic E-state index is 13.2. The van der Waals surface area contributed by atoms with Crippen LogP contribution in [0, 0.1) is 0 Å². The zero-order chi connectivity index (χ0) is 29.2. The summed E-state index contributed by atoms with van der Waals surface area (Å²) < 4.78 is 72.2. The van der Waals surface area contributed by atoms with Crippen molar-refractivity contribution in [3.63, 3.8) is 0 Å². The van der Waals surface area contributed by atoms with Gasteiger partial charge in [-0.3, -0.25) is 4.90 Å². The van der Waals surface area contributed by atoms with Gasteiger partial charge in [-0.15, -0.1) is 0 Å². The molecule has 2 heterocycles. The predicted molar refractivity (Wildman–Crippen MR) is 148 cm³/mol. The van der Waals surface area contributed by atoms with Crippen LogP contribution in [0.15, 0.2) is 89.0 Å². The van der Waals surface area contributed by atoms with Crippen molar-refractivity contribution in [3.05, 3.63) is 89.7 Å². The van der Waals surface area contributed by atoms with E-state index in [9.17, 15) is 26.4 Å². The van der Waals surface area contributed by atoms with Crippen molar-refractivity contribution in [2.45, 2.75) is 42.1 Å². The molecule has 8 nitrogen and oxygen atoms in total. The van der Waals surface area contributed by atoms with Crippen LogP contribution in [-0.4, -0.2) is 59.0 Å². The molecule has 0 bridgehead atoms. The Labute approximate surface area is 244 Å². The van der Waals surface area contributed by atoms with Gasteiger partial charge < -0.3 is 9.57 Å². The molecule has 0 spiro atoms. The summed E-state index contributed by atoms with van der Waals surface area (Å²) >= 11 is 7.09. The number of likely N-dealkylation sites (tertiary alicyclic amines) is 1. The van der Waals surface area contributed by atoms with Gasteiger partial charge in [-0.1, -0.05) is 66.4 Å². The average molecular weight is 628 g/mol. The molecule has 0 aliphatic carbocycles. The van der Waals surface area contributed by atoms with Crippen molar-refractivity contribution in [2.75, 3.05) is 13.1 Å². The number of ether oxygens (including phenoxy) is 1. The lowest BCUT2D eigenvalue weighted by molar-refractivity contribution is -0.226. The first-order chi connectivity index (χ1) is 19.5. The summed E-state index contributed by atoms with van der Waals surface area (Å²) in [5, 5.41) is 3.74. The number of carbonyl (C=O) groups is 1. The van der Waals surface area contributed by atoms with Crippen LogP contribution < -0.4 is 0 Å². The Balaban J connectivity index is 1.21. The van der Waals surface area contributed by atoms with Gasteiger partial charge in [0.05, 0.1) is 4.90 Å². The summed E-state index contributed by atoms with van der Waals surface area (Å²) in [5.74, 6) is -2.65. The Hall–Kier alpha value is -2.97. The second-order valence-electron chi connectivity index (χ2n) is 9.45.